The van der Waals surface area contributed by atoms with Gasteiger partial charge in [0.25, 0.3) is 0 Å². The Morgan fingerprint density at radius 1 is 0.244 bits per heavy atom. The van der Waals surface area contributed by atoms with Gasteiger partial charge in [-0.25, -0.2) is 0 Å². The third-order valence-electron chi connectivity index (χ3n) is 16.6. The van der Waals surface area contributed by atoms with E-state index in [2.05, 4.69) is 69.4 Å². The molecular weight excluding hydrogens is 1010 g/mol. The number of unbranched alkanes of at least 4 members (excludes halogenated alkanes) is 49. The van der Waals surface area contributed by atoms with Crippen LogP contribution in [0.4, 0.5) is 0 Å². The van der Waals surface area contributed by atoms with Crippen molar-refractivity contribution in [3.8, 4) is 0 Å². The normalized spacial score (nSPS) is 12.3. The summed E-state index contributed by atoms with van der Waals surface area (Å²) in [6, 6.07) is 0. The van der Waals surface area contributed by atoms with E-state index in [0.29, 0.717) is 19.3 Å². The van der Waals surface area contributed by atoms with Crippen LogP contribution in [0.15, 0.2) is 48.6 Å². The smallest absolute Gasteiger partial charge is 0.306 e. The maximum atomic E-state index is 12.9. The molecule has 6 nitrogen and oxygen atoms in total. The Morgan fingerprint density at radius 2 is 0.439 bits per heavy atom. The highest BCUT2D eigenvalue weighted by molar-refractivity contribution is 5.71. The summed E-state index contributed by atoms with van der Waals surface area (Å²) in [5, 5.41) is 0. The molecule has 0 radical (unpaired) electrons. The zero-order chi connectivity index (χ0) is 59.2. The van der Waals surface area contributed by atoms with Gasteiger partial charge in [-0.05, 0) is 83.5 Å². The van der Waals surface area contributed by atoms with Gasteiger partial charge in [-0.2, -0.15) is 0 Å². The maximum absolute atomic E-state index is 12.9. The van der Waals surface area contributed by atoms with Crippen molar-refractivity contribution in [1.82, 2.24) is 0 Å². The van der Waals surface area contributed by atoms with E-state index in [1.54, 1.807) is 0 Å². The van der Waals surface area contributed by atoms with Gasteiger partial charge in [-0.3, -0.25) is 14.4 Å². The van der Waals surface area contributed by atoms with Crippen molar-refractivity contribution in [2.75, 3.05) is 13.2 Å². The Morgan fingerprint density at radius 3 is 0.695 bits per heavy atom. The second-order valence-corrected chi connectivity index (χ2v) is 24.9. The number of hydrogen-bond acceptors (Lipinski definition) is 6. The lowest BCUT2D eigenvalue weighted by Gasteiger charge is -2.18. The second-order valence-electron chi connectivity index (χ2n) is 24.9. The van der Waals surface area contributed by atoms with E-state index in [1.165, 1.54) is 283 Å². The van der Waals surface area contributed by atoms with Crippen LogP contribution in [-0.2, 0) is 28.6 Å². The SMILES string of the molecule is CCCCCCC/C=C\C/C=C\C/C=C\CCCCCCCCCCC(=O)OC(COC(=O)CCCCCCCCCCCC)COC(=O)CCCCCCCCCCCCCCCCCCCCC/C=C\CCCCCCCCCC. The Hall–Kier alpha value is -2.63. The summed E-state index contributed by atoms with van der Waals surface area (Å²) in [5.74, 6) is -0.854. The first-order valence-corrected chi connectivity index (χ1v) is 36.6. The highest BCUT2D eigenvalue weighted by Crippen LogP contribution is 2.18. The molecule has 0 rings (SSSR count). The summed E-state index contributed by atoms with van der Waals surface area (Å²) in [6.07, 6.45) is 90.2. The molecule has 0 aliphatic carbocycles. The largest absolute Gasteiger partial charge is 0.462 e. The summed E-state index contributed by atoms with van der Waals surface area (Å²) in [6.45, 7) is 6.67. The fourth-order valence-electron chi connectivity index (χ4n) is 11.0. The fourth-order valence-corrected chi connectivity index (χ4v) is 11.0. The third kappa shape index (κ3) is 68.2. The first kappa shape index (κ1) is 79.4. The zero-order valence-corrected chi connectivity index (χ0v) is 55.3. The molecule has 0 aliphatic heterocycles. The molecule has 0 amide bonds. The van der Waals surface area contributed by atoms with Crippen LogP contribution >= 0.6 is 0 Å². The van der Waals surface area contributed by atoms with E-state index < -0.39 is 6.10 Å². The minimum Gasteiger partial charge on any atom is -0.462 e. The van der Waals surface area contributed by atoms with E-state index in [4.69, 9.17) is 14.2 Å². The molecule has 0 aliphatic rings. The van der Waals surface area contributed by atoms with Crippen molar-refractivity contribution in [3.05, 3.63) is 48.6 Å². The average Bonchev–Trinajstić information content (AvgIpc) is 3.47. The summed E-state index contributed by atoms with van der Waals surface area (Å²) in [7, 11) is 0. The van der Waals surface area contributed by atoms with Crippen LogP contribution in [-0.4, -0.2) is 37.2 Å². The van der Waals surface area contributed by atoms with E-state index in [0.717, 1.165) is 77.0 Å². The fraction of sp³-hybridized carbons (Fsp3) is 0.855. The number of carbonyl (C=O) groups excluding carboxylic acids is 3. The van der Waals surface area contributed by atoms with Gasteiger partial charge in [0.05, 0.1) is 0 Å². The van der Waals surface area contributed by atoms with Crippen molar-refractivity contribution in [2.45, 2.75) is 406 Å². The van der Waals surface area contributed by atoms with Crippen LogP contribution in [0.5, 0.6) is 0 Å². The molecule has 0 spiro atoms. The Balaban J connectivity index is 4.12. The van der Waals surface area contributed by atoms with Crippen molar-refractivity contribution in [3.63, 3.8) is 0 Å². The van der Waals surface area contributed by atoms with Crippen LogP contribution in [0, 0.1) is 0 Å². The molecule has 6 heteroatoms. The van der Waals surface area contributed by atoms with Gasteiger partial charge in [0.15, 0.2) is 6.10 Å². The second kappa shape index (κ2) is 70.9. The molecule has 0 saturated heterocycles. The molecule has 0 aromatic carbocycles. The standard InChI is InChI=1S/C76H140O6/c1-4-7-10-13-16-19-22-24-26-28-30-32-34-35-36-37-38-39-40-41-43-44-46-48-50-52-54-57-60-63-66-69-75(78)81-72-73(71-80-74(77)68-65-62-59-56-21-18-15-12-9-6-3)82-76(79)70-67-64-61-58-55-53-51-49-47-45-42-33-31-29-27-25-23-20-17-14-11-8-5-2/h23,25,28-31,42,45,73H,4-22,24,26-27,32-41,43-44,46-72H2,1-3H3/b25-23-,30-28-,31-29-,45-42-. The molecule has 0 aromatic heterocycles. The summed E-state index contributed by atoms with van der Waals surface area (Å²) in [4.78, 5) is 38.4. The maximum Gasteiger partial charge on any atom is 0.306 e. The lowest BCUT2D eigenvalue weighted by atomic mass is 10.0. The Bertz CT molecular complexity index is 1410. The molecular formula is C76H140O6. The van der Waals surface area contributed by atoms with E-state index in [9.17, 15) is 14.4 Å². The number of ether oxygens (including phenoxy) is 3. The van der Waals surface area contributed by atoms with Crippen LogP contribution in [0.1, 0.15) is 400 Å². The van der Waals surface area contributed by atoms with Gasteiger partial charge in [0.1, 0.15) is 13.2 Å². The highest BCUT2D eigenvalue weighted by atomic mass is 16.6. The monoisotopic (exact) mass is 1150 g/mol. The van der Waals surface area contributed by atoms with Crippen molar-refractivity contribution < 1.29 is 28.6 Å². The van der Waals surface area contributed by atoms with Crippen molar-refractivity contribution >= 4 is 17.9 Å². The van der Waals surface area contributed by atoms with Crippen molar-refractivity contribution in [2.24, 2.45) is 0 Å². The quantitative estimate of drug-likeness (QED) is 0.0261. The number of allylic oxidation sites excluding steroid dienone is 8. The van der Waals surface area contributed by atoms with Crippen LogP contribution in [0.2, 0.25) is 0 Å². The molecule has 0 bridgehead atoms. The van der Waals surface area contributed by atoms with E-state index in [1.807, 2.05) is 0 Å². The molecule has 1 atom stereocenters. The van der Waals surface area contributed by atoms with Crippen LogP contribution < -0.4 is 0 Å². The van der Waals surface area contributed by atoms with Gasteiger partial charge < -0.3 is 14.2 Å². The molecule has 82 heavy (non-hydrogen) atoms. The van der Waals surface area contributed by atoms with Crippen LogP contribution in [0.25, 0.3) is 0 Å². The lowest BCUT2D eigenvalue weighted by molar-refractivity contribution is -0.167. The van der Waals surface area contributed by atoms with Gasteiger partial charge in [-0.1, -0.05) is 345 Å². The van der Waals surface area contributed by atoms with Gasteiger partial charge in [-0.15, -0.1) is 0 Å². The lowest BCUT2D eigenvalue weighted by Crippen LogP contribution is -2.30. The molecule has 1 unspecified atom stereocenters. The Kier molecular flexibility index (Phi) is 68.6. The molecule has 0 aromatic rings. The summed E-state index contributed by atoms with van der Waals surface area (Å²) in [5.41, 5.74) is 0. The molecule has 480 valence electrons. The highest BCUT2D eigenvalue weighted by Gasteiger charge is 2.19. The molecule has 0 fully saturated rings. The molecule has 0 saturated carbocycles. The summed E-state index contributed by atoms with van der Waals surface area (Å²) < 4.78 is 17.0. The average molecular weight is 1150 g/mol. The molecule has 0 heterocycles. The van der Waals surface area contributed by atoms with Crippen LogP contribution in [0.3, 0.4) is 0 Å². The number of esters is 3. The van der Waals surface area contributed by atoms with Gasteiger partial charge in [0.2, 0.25) is 0 Å². The van der Waals surface area contributed by atoms with Crippen molar-refractivity contribution in [1.29, 1.82) is 0 Å². The van der Waals surface area contributed by atoms with E-state index in [-0.39, 0.29) is 31.1 Å². The minimum absolute atomic E-state index is 0.0712. The zero-order valence-electron chi connectivity index (χ0n) is 55.3. The topological polar surface area (TPSA) is 78.9 Å². The van der Waals surface area contributed by atoms with Gasteiger partial charge in [0, 0.05) is 19.3 Å². The minimum atomic E-state index is -0.775. The predicted molar refractivity (Wildman–Crippen MR) is 358 cm³/mol. The first-order valence-electron chi connectivity index (χ1n) is 36.6. The number of hydrogen-bond donors (Lipinski definition) is 0. The number of carbonyl (C=O) groups is 3. The first-order chi connectivity index (χ1) is 40.5. The Labute approximate surface area is 511 Å². The molecule has 0 N–H and O–H groups in total. The number of rotatable bonds is 68. The van der Waals surface area contributed by atoms with E-state index >= 15 is 0 Å². The summed E-state index contributed by atoms with van der Waals surface area (Å²) >= 11 is 0. The predicted octanol–water partition coefficient (Wildman–Crippen LogP) is 25.3. The third-order valence-corrected chi connectivity index (χ3v) is 16.6. The van der Waals surface area contributed by atoms with Gasteiger partial charge >= 0.3 is 17.9 Å².